The Bertz CT molecular complexity index is 800. The molecule has 3 rings (SSSR count). The van der Waals surface area contributed by atoms with Gasteiger partial charge in [-0.25, -0.2) is 9.38 Å². The molecule has 0 spiro atoms. The van der Waals surface area contributed by atoms with E-state index in [1.807, 2.05) is 38.7 Å². The number of benzene rings is 1. The Balaban J connectivity index is 0.00000280. The monoisotopic (exact) mass is 519 g/mol. The zero-order chi connectivity index (χ0) is 19.2. The van der Waals surface area contributed by atoms with Crippen LogP contribution in [0.2, 0.25) is 0 Å². The number of aryl methyl sites for hydroxylation is 1. The van der Waals surface area contributed by atoms with Gasteiger partial charge in [0.15, 0.2) is 5.96 Å². The molecule has 2 aromatic rings. The Morgan fingerprint density at radius 2 is 2.29 bits per heavy atom. The van der Waals surface area contributed by atoms with Gasteiger partial charge in [-0.15, -0.1) is 35.7 Å². The van der Waals surface area contributed by atoms with Gasteiger partial charge in [-0.05, 0) is 36.9 Å². The zero-order valence-electron chi connectivity index (χ0n) is 16.4. The Hall–Kier alpha value is -1.33. The molecular weight excluding hydrogens is 492 g/mol. The molecule has 1 atom stereocenters. The van der Waals surface area contributed by atoms with Gasteiger partial charge in [0.1, 0.15) is 11.9 Å². The highest BCUT2D eigenvalue weighted by molar-refractivity contribution is 14.0. The lowest BCUT2D eigenvalue weighted by Crippen LogP contribution is -2.48. The van der Waals surface area contributed by atoms with Gasteiger partial charge in [0, 0.05) is 36.8 Å². The summed E-state index contributed by atoms with van der Waals surface area (Å²) in [5.41, 5.74) is 1.96. The van der Waals surface area contributed by atoms with Crippen LogP contribution in [0.1, 0.15) is 24.2 Å². The van der Waals surface area contributed by atoms with E-state index in [1.165, 1.54) is 6.07 Å². The Morgan fingerprint density at radius 3 is 2.96 bits per heavy atom. The molecule has 2 heterocycles. The summed E-state index contributed by atoms with van der Waals surface area (Å²) in [6.07, 6.45) is 5.78. The maximum absolute atomic E-state index is 13.6. The number of aromatic nitrogens is 2. The first-order valence-corrected chi connectivity index (χ1v) is 10.3. The molecule has 1 unspecified atom stereocenters. The summed E-state index contributed by atoms with van der Waals surface area (Å²) >= 11 is 1.61. The first kappa shape index (κ1) is 23.0. The lowest BCUT2D eigenvalue weighted by Gasteiger charge is -2.34. The third-order valence-electron chi connectivity index (χ3n) is 4.44. The molecule has 1 aliphatic rings. The van der Waals surface area contributed by atoms with Crippen molar-refractivity contribution in [3.63, 3.8) is 0 Å². The fourth-order valence-electron chi connectivity index (χ4n) is 3.11. The summed E-state index contributed by atoms with van der Waals surface area (Å²) in [4.78, 5) is 8.01. The van der Waals surface area contributed by atoms with E-state index < -0.39 is 0 Å². The quantitative estimate of drug-likeness (QED) is 0.284. The highest BCUT2D eigenvalue weighted by Crippen LogP contribution is 2.24. The van der Waals surface area contributed by atoms with Crippen LogP contribution < -0.4 is 5.32 Å². The predicted octanol–water partition coefficient (Wildman–Crippen LogP) is 3.44. The minimum atomic E-state index is -0.231. The molecule has 0 radical (unpaired) electrons. The number of nitrogens with zero attached hydrogens (tertiary/aromatic N) is 4. The average molecular weight is 519 g/mol. The van der Waals surface area contributed by atoms with Crippen LogP contribution in [0.3, 0.4) is 0 Å². The van der Waals surface area contributed by atoms with Crippen LogP contribution in [0.4, 0.5) is 4.39 Å². The molecule has 6 nitrogen and oxygen atoms in total. The topological polar surface area (TPSA) is 54.7 Å². The summed E-state index contributed by atoms with van der Waals surface area (Å²) in [6.45, 7) is 5.35. The van der Waals surface area contributed by atoms with E-state index in [1.54, 1.807) is 22.5 Å². The summed E-state index contributed by atoms with van der Waals surface area (Å²) in [6, 6.07) is 4.87. The number of nitrogens with one attached hydrogen (secondary N) is 1. The first-order valence-electron chi connectivity index (χ1n) is 9.06. The van der Waals surface area contributed by atoms with E-state index in [2.05, 4.69) is 15.3 Å². The van der Waals surface area contributed by atoms with Crippen LogP contribution in [-0.2, 0) is 18.3 Å². The van der Waals surface area contributed by atoms with Gasteiger partial charge in [-0.1, -0.05) is 0 Å². The predicted molar refractivity (Wildman–Crippen MR) is 122 cm³/mol. The number of morpholine rings is 1. The molecule has 1 N–H and O–H groups in total. The van der Waals surface area contributed by atoms with Crippen LogP contribution in [0.15, 0.2) is 40.5 Å². The molecule has 1 saturated heterocycles. The van der Waals surface area contributed by atoms with Crippen LogP contribution in [-0.4, -0.2) is 53.1 Å². The Kier molecular flexibility index (Phi) is 9.03. The van der Waals surface area contributed by atoms with Crippen LogP contribution in [0.25, 0.3) is 0 Å². The smallest absolute Gasteiger partial charge is 0.194 e. The van der Waals surface area contributed by atoms with E-state index >= 15 is 0 Å². The maximum atomic E-state index is 13.6. The molecule has 0 saturated carbocycles. The van der Waals surface area contributed by atoms with E-state index in [4.69, 9.17) is 9.73 Å². The number of thioether (sulfide) groups is 1. The molecule has 28 heavy (non-hydrogen) atoms. The molecular formula is C19H27FIN5OS. The van der Waals surface area contributed by atoms with Gasteiger partial charge in [0.25, 0.3) is 0 Å². The van der Waals surface area contributed by atoms with Crippen molar-refractivity contribution in [3.8, 4) is 0 Å². The second-order valence-electron chi connectivity index (χ2n) is 6.38. The van der Waals surface area contributed by atoms with Crippen LogP contribution in [0, 0.1) is 5.82 Å². The summed E-state index contributed by atoms with van der Waals surface area (Å²) in [7, 11) is 1.90. The van der Waals surface area contributed by atoms with E-state index in [0.29, 0.717) is 19.7 Å². The average Bonchev–Trinajstić information content (AvgIpc) is 3.12. The molecule has 0 aliphatic carbocycles. The SMILES string of the molecule is CCNC(=NCc1cc(F)ccc1SC)N1CCOC(c2cnn(C)c2)C1.I. The number of hydrogen-bond donors (Lipinski definition) is 1. The number of ether oxygens (including phenoxy) is 1. The number of hydrogen-bond acceptors (Lipinski definition) is 4. The van der Waals surface area contributed by atoms with Gasteiger partial charge >= 0.3 is 0 Å². The molecule has 154 valence electrons. The zero-order valence-corrected chi connectivity index (χ0v) is 19.5. The minimum Gasteiger partial charge on any atom is -0.370 e. The highest BCUT2D eigenvalue weighted by Gasteiger charge is 2.25. The van der Waals surface area contributed by atoms with Gasteiger partial charge in [0.2, 0.25) is 0 Å². The molecule has 1 aromatic heterocycles. The van der Waals surface area contributed by atoms with Crippen molar-refractivity contribution in [2.24, 2.45) is 12.0 Å². The fraction of sp³-hybridized carbons (Fsp3) is 0.474. The molecule has 0 amide bonds. The van der Waals surface area contributed by atoms with Crippen molar-refractivity contribution < 1.29 is 9.13 Å². The van der Waals surface area contributed by atoms with Gasteiger partial charge < -0.3 is 15.0 Å². The van der Waals surface area contributed by atoms with Crippen molar-refractivity contribution in [2.75, 3.05) is 32.5 Å². The Labute approximate surface area is 186 Å². The van der Waals surface area contributed by atoms with Crippen molar-refractivity contribution in [1.82, 2.24) is 20.0 Å². The third kappa shape index (κ3) is 5.84. The highest BCUT2D eigenvalue weighted by atomic mass is 127. The normalized spacial score (nSPS) is 17.4. The van der Waals surface area contributed by atoms with E-state index in [0.717, 1.165) is 35.1 Å². The first-order chi connectivity index (χ1) is 13.1. The van der Waals surface area contributed by atoms with Crippen molar-refractivity contribution >= 4 is 41.7 Å². The Morgan fingerprint density at radius 1 is 1.46 bits per heavy atom. The molecule has 1 fully saturated rings. The molecule has 1 aromatic carbocycles. The standard InChI is InChI=1S/C19H26FN5OS.HI/c1-4-21-19(22-10-14-9-16(20)5-6-18(14)27-3)25-7-8-26-17(13-25)15-11-23-24(2)12-15;/h5-6,9,11-12,17H,4,7-8,10,13H2,1-3H3,(H,21,22);1H. The summed E-state index contributed by atoms with van der Waals surface area (Å²) in [5, 5.41) is 7.59. The number of rotatable bonds is 5. The van der Waals surface area contributed by atoms with Crippen molar-refractivity contribution in [3.05, 3.63) is 47.5 Å². The molecule has 9 heteroatoms. The van der Waals surface area contributed by atoms with E-state index in [-0.39, 0.29) is 35.9 Å². The molecule has 0 bridgehead atoms. The van der Waals surface area contributed by atoms with E-state index in [9.17, 15) is 4.39 Å². The van der Waals surface area contributed by atoms with Crippen LogP contribution in [0.5, 0.6) is 0 Å². The number of halogens is 2. The molecule has 1 aliphatic heterocycles. The van der Waals surface area contributed by atoms with Crippen molar-refractivity contribution in [2.45, 2.75) is 24.5 Å². The second-order valence-corrected chi connectivity index (χ2v) is 7.23. The lowest BCUT2D eigenvalue weighted by atomic mass is 10.1. The van der Waals surface area contributed by atoms with Crippen LogP contribution >= 0.6 is 35.7 Å². The fourth-order valence-corrected chi connectivity index (χ4v) is 3.70. The number of guanidine groups is 1. The maximum Gasteiger partial charge on any atom is 0.194 e. The van der Waals surface area contributed by atoms with Crippen molar-refractivity contribution in [1.29, 1.82) is 0 Å². The largest absolute Gasteiger partial charge is 0.370 e. The lowest BCUT2D eigenvalue weighted by molar-refractivity contribution is -0.00805. The van der Waals surface area contributed by atoms with Gasteiger partial charge in [0.05, 0.1) is 25.9 Å². The second kappa shape index (κ2) is 11.0. The minimum absolute atomic E-state index is 0. The van der Waals surface area contributed by atoms with Gasteiger partial charge in [-0.2, -0.15) is 5.10 Å². The van der Waals surface area contributed by atoms with Gasteiger partial charge in [-0.3, -0.25) is 4.68 Å². The number of aliphatic imine (C=N–C) groups is 1. The summed E-state index contributed by atoms with van der Waals surface area (Å²) in [5.74, 6) is 0.594. The third-order valence-corrected chi connectivity index (χ3v) is 5.28. The summed E-state index contributed by atoms with van der Waals surface area (Å²) < 4.78 is 21.3.